The number of nitrogens with zero attached hydrogens (tertiary/aromatic N) is 1. The second-order valence-corrected chi connectivity index (χ2v) is 9.40. The topological polar surface area (TPSA) is 115 Å². The Balaban J connectivity index is 1.69. The molecule has 178 valence electrons. The van der Waals surface area contributed by atoms with E-state index < -0.39 is 48.7 Å². The van der Waals surface area contributed by atoms with Gasteiger partial charge in [0.2, 0.25) is 0 Å². The Hall–Kier alpha value is -2.33. The highest BCUT2D eigenvalue weighted by molar-refractivity contribution is 5.85. The molecule has 0 amide bonds. The van der Waals surface area contributed by atoms with Gasteiger partial charge in [-0.15, -0.1) is 0 Å². The molecule has 0 spiro atoms. The average molecular weight is 460 g/mol. The van der Waals surface area contributed by atoms with Crippen LogP contribution in [0.3, 0.4) is 0 Å². The molecule has 0 unspecified atom stereocenters. The fourth-order valence-electron chi connectivity index (χ4n) is 4.50. The molecule has 0 bridgehead atoms. The van der Waals surface area contributed by atoms with Crippen molar-refractivity contribution in [3.05, 3.63) is 71.2 Å². The number of ether oxygens (including phenoxy) is 1. The van der Waals surface area contributed by atoms with E-state index in [1.807, 2.05) is 24.3 Å². The molecule has 5 N–H and O–H groups in total. The molecular weight excluding hydrogens is 429 g/mol. The van der Waals surface area contributed by atoms with Crippen LogP contribution in [0.25, 0.3) is 10.9 Å². The first-order valence-electron chi connectivity index (χ1n) is 11.0. The van der Waals surface area contributed by atoms with Gasteiger partial charge in [-0.1, -0.05) is 30.3 Å². The minimum Gasteiger partial charge on any atom is -0.394 e. The van der Waals surface area contributed by atoms with Gasteiger partial charge in [0.05, 0.1) is 17.7 Å². The van der Waals surface area contributed by atoms with E-state index >= 15 is 0 Å². The van der Waals surface area contributed by atoms with E-state index in [2.05, 4.69) is 0 Å². The van der Waals surface area contributed by atoms with Crippen LogP contribution in [0, 0.1) is 5.82 Å². The number of aromatic nitrogens is 1. The Morgan fingerprint density at radius 2 is 1.64 bits per heavy atom. The summed E-state index contributed by atoms with van der Waals surface area (Å²) in [6.07, 6.45) is -4.07. The van der Waals surface area contributed by atoms with E-state index in [1.54, 1.807) is 36.7 Å². The second kappa shape index (κ2) is 9.13. The van der Waals surface area contributed by atoms with Crippen molar-refractivity contribution in [3.8, 4) is 0 Å². The molecule has 0 radical (unpaired) electrons. The molecule has 1 aliphatic heterocycles. The van der Waals surface area contributed by atoms with Gasteiger partial charge in [-0.05, 0) is 49.1 Å². The number of aliphatic hydroxyl groups is 5. The number of rotatable bonds is 6. The van der Waals surface area contributed by atoms with Crippen LogP contribution in [0.15, 0.2) is 48.7 Å². The highest BCUT2D eigenvalue weighted by atomic mass is 19.1. The zero-order valence-corrected chi connectivity index (χ0v) is 18.6. The van der Waals surface area contributed by atoms with Crippen molar-refractivity contribution in [1.29, 1.82) is 0 Å². The SMILES string of the molecule is CC(C)(O)Cc1ccc(Cc2cn([C@@H]3O[C@H](CO)[C@@H](O)[C@H](O)[C@H]3O)c3cccc(F)c23)cc1. The number of benzene rings is 2. The lowest BCUT2D eigenvalue weighted by molar-refractivity contribution is -0.250. The molecule has 1 fully saturated rings. The fraction of sp³-hybridized carbons (Fsp3) is 0.440. The maximum atomic E-state index is 14.9. The maximum absolute atomic E-state index is 14.9. The number of hydrogen-bond acceptors (Lipinski definition) is 6. The number of aliphatic hydroxyl groups excluding tert-OH is 4. The molecule has 1 aliphatic rings. The average Bonchev–Trinajstić information content (AvgIpc) is 3.12. The van der Waals surface area contributed by atoms with Gasteiger partial charge in [-0.3, -0.25) is 0 Å². The van der Waals surface area contributed by atoms with Gasteiger partial charge in [0, 0.05) is 18.0 Å². The van der Waals surface area contributed by atoms with E-state index in [1.165, 1.54) is 6.07 Å². The summed E-state index contributed by atoms with van der Waals surface area (Å²) in [5.74, 6) is -0.426. The summed E-state index contributed by atoms with van der Waals surface area (Å²) in [6.45, 7) is 2.95. The van der Waals surface area contributed by atoms with Gasteiger partial charge in [-0.25, -0.2) is 4.39 Å². The minimum atomic E-state index is -1.53. The maximum Gasteiger partial charge on any atom is 0.163 e. The third-order valence-corrected chi connectivity index (χ3v) is 6.08. The summed E-state index contributed by atoms with van der Waals surface area (Å²) in [7, 11) is 0. The van der Waals surface area contributed by atoms with E-state index in [4.69, 9.17) is 4.74 Å². The van der Waals surface area contributed by atoms with E-state index in [9.17, 15) is 29.9 Å². The van der Waals surface area contributed by atoms with Crippen LogP contribution in [-0.4, -0.2) is 66.7 Å². The number of halogens is 1. The highest BCUT2D eigenvalue weighted by Gasteiger charge is 2.44. The molecule has 33 heavy (non-hydrogen) atoms. The predicted molar refractivity (Wildman–Crippen MR) is 120 cm³/mol. The molecule has 0 aliphatic carbocycles. The third kappa shape index (κ3) is 4.82. The number of hydrogen-bond donors (Lipinski definition) is 5. The zero-order valence-electron chi connectivity index (χ0n) is 18.6. The molecule has 8 heteroatoms. The second-order valence-electron chi connectivity index (χ2n) is 9.40. The van der Waals surface area contributed by atoms with Gasteiger partial charge in [0.15, 0.2) is 6.23 Å². The van der Waals surface area contributed by atoms with Gasteiger partial charge >= 0.3 is 0 Å². The van der Waals surface area contributed by atoms with Crippen LogP contribution < -0.4 is 0 Å². The van der Waals surface area contributed by atoms with Gasteiger partial charge in [0.25, 0.3) is 0 Å². The van der Waals surface area contributed by atoms with Crippen molar-refractivity contribution in [3.63, 3.8) is 0 Å². The molecule has 5 atom stereocenters. The Bertz CT molecular complexity index is 1100. The predicted octanol–water partition coefficient (Wildman–Crippen LogP) is 1.66. The van der Waals surface area contributed by atoms with Crippen LogP contribution in [0.2, 0.25) is 0 Å². The highest BCUT2D eigenvalue weighted by Crippen LogP contribution is 2.35. The lowest BCUT2D eigenvalue weighted by atomic mass is 9.96. The number of fused-ring (bicyclic) bond motifs is 1. The minimum absolute atomic E-state index is 0.370. The van der Waals surface area contributed by atoms with E-state index in [0.29, 0.717) is 29.3 Å². The summed E-state index contributed by atoms with van der Waals surface area (Å²) in [4.78, 5) is 0. The Labute approximate surface area is 191 Å². The molecule has 2 heterocycles. The molecular formula is C25H30FNO6. The van der Waals surface area contributed by atoms with Crippen molar-refractivity contribution in [2.24, 2.45) is 0 Å². The molecule has 1 aromatic heterocycles. The Morgan fingerprint density at radius 3 is 2.27 bits per heavy atom. The van der Waals surface area contributed by atoms with Crippen molar-refractivity contribution >= 4 is 10.9 Å². The van der Waals surface area contributed by atoms with Crippen molar-refractivity contribution < 1.29 is 34.7 Å². The monoisotopic (exact) mass is 459 g/mol. The van der Waals surface area contributed by atoms with Crippen LogP contribution in [0.4, 0.5) is 4.39 Å². The largest absolute Gasteiger partial charge is 0.394 e. The molecule has 4 rings (SSSR count). The summed E-state index contributed by atoms with van der Waals surface area (Å²) in [5, 5.41) is 50.8. The van der Waals surface area contributed by atoms with Crippen molar-refractivity contribution in [2.75, 3.05) is 6.61 Å². The molecule has 3 aromatic rings. The lowest BCUT2D eigenvalue weighted by Gasteiger charge is -2.40. The summed E-state index contributed by atoms with van der Waals surface area (Å²) < 4.78 is 22.1. The normalized spacial score (nSPS) is 26.1. The standard InChI is InChI=1S/C25H30FNO6/c1-25(2,32)11-15-8-6-14(7-9-15)10-16-12-27(18-5-3-4-17(26)20(16)18)24-23(31)22(30)21(29)19(13-28)33-24/h3-9,12,19,21-24,28-32H,10-11,13H2,1-2H3/t19-,21-,22+,23-,24-/m1/s1. The first-order valence-corrected chi connectivity index (χ1v) is 11.0. The van der Waals surface area contributed by atoms with E-state index in [-0.39, 0.29) is 0 Å². The van der Waals surface area contributed by atoms with Crippen LogP contribution >= 0.6 is 0 Å². The first-order chi connectivity index (χ1) is 15.6. The smallest absolute Gasteiger partial charge is 0.163 e. The molecule has 1 saturated heterocycles. The quantitative estimate of drug-likeness (QED) is 0.383. The van der Waals surface area contributed by atoms with Crippen molar-refractivity contribution in [2.45, 2.75) is 62.9 Å². The lowest BCUT2D eigenvalue weighted by Crippen LogP contribution is -2.56. The van der Waals surface area contributed by atoms with Gasteiger partial charge < -0.3 is 34.8 Å². The Kier molecular flexibility index (Phi) is 6.59. The third-order valence-electron chi connectivity index (χ3n) is 6.08. The van der Waals surface area contributed by atoms with Gasteiger partial charge in [0.1, 0.15) is 30.2 Å². The first kappa shape index (κ1) is 23.8. The fourth-order valence-corrected chi connectivity index (χ4v) is 4.50. The summed E-state index contributed by atoms with van der Waals surface area (Å²) in [5.41, 5.74) is 2.23. The molecule has 2 aromatic carbocycles. The van der Waals surface area contributed by atoms with Crippen LogP contribution in [-0.2, 0) is 17.6 Å². The molecule has 0 saturated carbocycles. The van der Waals surface area contributed by atoms with Gasteiger partial charge in [-0.2, -0.15) is 0 Å². The van der Waals surface area contributed by atoms with Crippen LogP contribution in [0.5, 0.6) is 0 Å². The molecule has 7 nitrogen and oxygen atoms in total. The summed E-state index contributed by atoms with van der Waals surface area (Å²) >= 11 is 0. The zero-order chi connectivity index (χ0) is 23.9. The van der Waals surface area contributed by atoms with Crippen molar-refractivity contribution in [1.82, 2.24) is 4.57 Å². The van der Waals surface area contributed by atoms with Crippen LogP contribution in [0.1, 0.15) is 36.8 Å². The Morgan fingerprint density at radius 1 is 0.970 bits per heavy atom. The summed E-state index contributed by atoms with van der Waals surface area (Å²) in [6, 6.07) is 12.3. The van der Waals surface area contributed by atoms with E-state index in [0.717, 1.165) is 11.1 Å².